The molecule has 2 N–H and O–H groups in total. The molecule has 1 amide bonds. The average molecular weight is 262 g/mol. The molecular formula is C14H18N2O3. The molecule has 1 aliphatic heterocycles. The zero-order chi connectivity index (χ0) is 13.8. The molecule has 19 heavy (non-hydrogen) atoms. The quantitative estimate of drug-likeness (QED) is 0.813. The molecule has 102 valence electrons. The number of nitrogens with two attached hydrogens (primary N) is 1. The fraction of sp³-hybridized carbons (Fsp3) is 0.429. The van der Waals surface area contributed by atoms with E-state index in [1.807, 2.05) is 6.92 Å². The van der Waals surface area contributed by atoms with Crippen LogP contribution in [-0.4, -0.2) is 31.4 Å². The Balaban J connectivity index is 2.28. The molecule has 5 nitrogen and oxygen atoms in total. The van der Waals surface area contributed by atoms with Crippen LogP contribution < -0.4 is 15.4 Å². The second-order valence-electron chi connectivity index (χ2n) is 4.42. The van der Waals surface area contributed by atoms with Gasteiger partial charge < -0.3 is 15.4 Å². The Kier molecular flexibility index (Phi) is 4.16. The summed E-state index contributed by atoms with van der Waals surface area (Å²) in [5, 5.41) is 0. The number of amides is 1. The molecule has 1 aliphatic rings. The topological polar surface area (TPSA) is 72.6 Å². The van der Waals surface area contributed by atoms with Crippen molar-refractivity contribution in [1.82, 2.24) is 0 Å². The molecule has 0 saturated heterocycles. The molecule has 0 unspecified atom stereocenters. The highest BCUT2D eigenvalue weighted by molar-refractivity contribution is 6.01. The van der Waals surface area contributed by atoms with Crippen molar-refractivity contribution >= 4 is 17.4 Å². The number of ether oxygens (including phenoxy) is 1. The summed E-state index contributed by atoms with van der Waals surface area (Å²) in [6.07, 6.45) is 1.10. The molecule has 5 heteroatoms. The van der Waals surface area contributed by atoms with E-state index in [1.54, 1.807) is 23.1 Å². The summed E-state index contributed by atoms with van der Waals surface area (Å²) in [4.78, 5) is 25.3. The summed E-state index contributed by atoms with van der Waals surface area (Å²) in [7, 11) is 0. The molecule has 0 aliphatic carbocycles. The van der Waals surface area contributed by atoms with Crippen LogP contribution >= 0.6 is 0 Å². The lowest BCUT2D eigenvalue weighted by molar-refractivity contribution is -0.121. The SMILES string of the molecule is CCN1C(=O)COc2ccc(C(=O)CCCN)cc21. The highest BCUT2D eigenvalue weighted by atomic mass is 16.5. The van der Waals surface area contributed by atoms with Gasteiger partial charge in [-0.3, -0.25) is 9.59 Å². The molecule has 2 rings (SSSR count). The number of rotatable bonds is 5. The number of carbonyl (C=O) groups is 2. The van der Waals surface area contributed by atoms with Gasteiger partial charge in [-0.15, -0.1) is 0 Å². The summed E-state index contributed by atoms with van der Waals surface area (Å²) in [5.41, 5.74) is 6.68. The maximum atomic E-state index is 12.0. The minimum Gasteiger partial charge on any atom is -0.482 e. The van der Waals surface area contributed by atoms with Gasteiger partial charge in [0.05, 0.1) is 5.69 Å². The number of hydrogen-bond acceptors (Lipinski definition) is 4. The van der Waals surface area contributed by atoms with Gasteiger partial charge in [0.15, 0.2) is 12.4 Å². The predicted molar refractivity (Wildman–Crippen MR) is 72.6 cm³/mol. The van der Waals surface area contributed by atoms with Crippen LogP contribution in [0, 0.1) is 0 Å². The summed E-state index contributed by atoms with van der Waals surface area (Å²) in [5.74, 6) is 0.612. The lowest BCUT2D eigenvalue weighted by Crippen LogP contribution is -2.38. The van der Waals surface area contributed by atoms with E-state index in [1.165, 1.54) is 0 Å². The van der Waals surface area contributed by atoms with Gasteiger partial charge >= 0.3 is 0 Å². The molecule has 0 radical (unpaired) electrons. The molecule has 0 saturated carbocycles. The third-order valence-corrected chi connectivity index (χ3v) is 3.15. The molecule has 0 aromatic heterocycles. The summed E-state index contributed by atoms with van der Waals surface area (Å²) in [6.45, 7) is 3.02. The van der Waals surface area contributed by atoms with Crippen LogP contribution in [0.5, 0.6) is 5.75 Å². The highest BCUT2D eigenvalue weighted by Crippen LogP contribution is 2.33. The minimum atomic E-state index is -0.0819. The number of Topliss-reactive ketones (excluding diaryl/α,β-unsaturated/α-hetero) is 1. The van der Waals surface area contributed by atoms with Gasteiger partial charge in [-0.05, 0) is 38.1 Å². The average Bonchev–Trinajstić information content (AvgIpc) is 2.44. The Hall–Kier alpha value is -1.88. The molecule has 1 heterocycles. The molecule has 0 spiro atoms. The van der Waals surface area contributed by atoms with Gasteiger partial charge in [-0.1, -0.05) is 0 Å². The van der Waals surface area contributed by atoms with E-state index in [2.05, 4.69) is 0 Å². The summed E-state index contributed by atoms with van der Waals surface area (Å²) in [6, 6.07) is 5.22. The van der Waals surface area contributed by atoms with Gasteiger partial charge in [0.2, 0.25) is 0 Å². The molecule has 1 aromatic rings. The number of likely N-dealkylation sites (N-methyl/N-ethyl adjacent to an activating group) is 1. The Morgan fingerprint density at radius 2 is 2.26 bits per heavy atom. The van der Waals surface area contributed by atoms with Crippen LogP contribution in [0.15, 0.2) is 18.2 Å². The Morgan fingerprint density at radius 3 is 2.95 bits per heavy atom. The van der Waals surface area contributed by atoms with E-state index in [9.17, 15) is 9.59 Å². The van der Waals surface area contributed by atoms with Crippen LogP contribution in [0.3, 0.4) is 0 Å². The van der Waals surface area contributed by atoms with Crippen LogP contribution in [0.1, 0.15) is 30.1 Å². The Morgan fingerprint density at radius 1 is 1.47 bits per heavy atom. The van der Waals surface area contributed by atoms with Crippen LogP contribution in [-0.2, 0) is 4.79 Å². The maximum Gasteiger partial charge on any atom is 0.265 e. The first-order chi connectivity index (χ1) is 9.17. The van der Waals surface area contributed by atoms with E-state index in [0.717, 1.165) is 0 Å². The molecular weight excluding hydrogens is 244 g/mol. The van der Waals surface area contributed by atoms with Gasteiger partial charge in [0, 0.05) is 18.5 Å². The summed E-state index contributed by atoms with van der Waals surface area (Å²) < 4.78 is 5.36. The van der Waals surface area contributed by atoms with Gasteiger partial charge in [-0.2, -0.15) is 0 Å². The van der Waals surface area contributed by atoms with Crippen molar-refractivity contribution in [3.63, 3.8) is 0 Å². The number of benzene rings is 1. The van der Waals surface area contributed by atoms with Crippen molar-refractivity contribution in [2.45, 2.75) is 19.8 Å². The fourth-order valence-corrected chi connectivity index (χ4v) is 2.13. The lowest BCUT2D eigenvalue weighted by Gasteiger charge is -2.28. The predicted octanol–water partition coefficient (Wildman–Crippen LogP) is 1.35. The number of carbonyl (C=O) groups excluding carboxylic acids is 2. The molecule has 0 atom stereocenters. The standard InChI is InChI=1S/C14H18N2O3/c1-2-16-11-8-10(12(17)4-3-7-15)5-6-13(11)19-9-14(16)18/h5-6,8H,2-4,7,9,15H2,1H3. The largest absolute Gasteiger partial charge is 0.482 e. The second kappa shape index (κ2) is 5.84. The smallest absolute Gasteiger partial charge is 0.265 e. The molecule has 1 aromatic carbocycles. The first-order valence-electron chi connectivity index (χ1n) is 6.47. The number of fused-ring (bicyclic) bond motifs is 1. The van der Waals surface area contributed by atoms with Crippen LogP contribution in [0.2, 0.25) is 0 Å². The van der Waals surface area contributed by atoms with Crippen LogP contribution in [0.4, 0.5) is 5.69 Å². The monoisotopic (exact) mass is 262 g/mol. The lowest BCUT2D eigenvalue weighted by atomic mass is 10.0. The highest BCUT2D eigenvalue weighted by Gasteiger charge is 2.25. The van der Waals surface area contributed by atoms with Gasteiger partial charge in [0.25, 0.3) is 5.91 Å². The van der Waals surface area contributed by atoms with Crippen molar-refractivity contribution < 1.29 is 14.3 Å². The number of anilines is 1. The van der Waals surface area contributed by atoms with Crippen LogP contribution in [0.25, 0.3) is 0 Å². The first kappa shape index (κ1) is 13.5. The zero-order valence-electron chi connectivity index (χ0n) is 11.0. The molecule has 0 fully saturated rings. The normalized spacial score (nSPS) is 14.0. The van der Waals surface area contributed by atoms with Crippen molar-refractivity contribution in [3.8, 4) is 5.75 Å². The van der Waals surface area contributed by atoms with Crippen molar-refractivity contribution in [2.75, 3.05) is 24.6 Å². The third-order valence-electron chi connectivity index (χ3n) is 3.15. The summed E-state index contributed by atoms with van der Waals surface area (Å²) >= 11 is 0. The minimum absolute atomic E-state index is 0.0438. The Bertz CT molecular complexity index is 499. The van der Waals surface area contributed by atoms with E-state index in [4.69, 9.17) is 10.5 Å². The Labute approximate surface area is 112 Å². The number of nitrogens with zero attached hydrogens (tertiary/aromatic N) is 1. The van der Waals surface area contributed by atoms with Crippen molar-refractivity contribution in [2.24, 2.45) is 5.73 Å². The molecule has 0 bridgehead atoms. The fourth-order valence-electron chi connectivity index (χ4n) is 2.13. The third kappa shape index (κ3) is 2.76. The van der Waals surface area contributed by atoms with Gasteiger partial charge in [0.1, 0.15) is 5.75 Å². The van der Waals surface area contributed by atoms with E-state index in [-0.39, 0.29) is 18.3 Å². The van der Waals surface area contributed by atoms with E-state index < -0.39 is 0 Å². The number of hydrogen-bond donors (Lipinski definition) is 1. The second-order valence-corrected chi connectivity index (χ2v) is 4.42. The van der Waals surface area contributed by atoms with E-state index in [0.29, 0.717) is 42.9 Å². The maximum absolute atomic E-state index is 12.0. The van der Waals surface area contributed by atoms with Crippen molar-refractivity contribution in [1.29, 1.82) is 0 Å². The zero-order valence-corrected chi connectivity index (χ0v) is 11.0. The first-order valence-corrected chi connectivity index (χ1v) is 6.47. The van der Waals surface area contributed by atoms with Gasteiger partial charge in [-0.25, -0.2) is 0 Å². The number of ketones is 1. The van der Waals surface area contributed by atoms with Crippen molar-refractivity contribution in [3.05, 3.63) is 23.8 Å². The van der Waals surface area contributed by atoms with E-state index >= 15 is 0 Å².